The third kappa shape index (κ3) is 4.10. The Bertz CT molecular complexity index is 1130. The number of hydrogen-bond acceptors (Lipinski definition) is 8. The van der Waals surface area contributed by atoms with E-state index in [0.29, 0.717) is 11.7 Å². The van der Waals surface area contributed by atoms with Crippen LogP contribution in [0.1, 0.15) is 23.8 Å². The van der Waals surface area contributed by atoms with Crippen molar-refractivity contribution in [2.75, 3.05) is 18.2 Å². The Kier molecular flexibility index (Phi) is 5.87. The van der Waals surface area contributed by atoms with Gasteiger partial charge in [0.25, 0.3) is 5.69 Å². The monoisotopic (exact) mass is 444 g/mol. The van der Waals surface area contributed by atoms with Crippen LogP contribution in [-0.4, -0.2) is 33.7 Å². The summed E-state index contributed by atoms with van der Waals surface area (Å²) in [6.07, 6.45) is 4.73. The van der Waals surface area contributed by atoms with E-state index in [2.05, 4.69) is 22.2 Å². The maximum absolute atomic E-state index is 12.5. The molecule has 3 aromatic rings. The van der Waals surface area contributed by atoms with Gasteiger partial charge < -0.3 is 10.1 Å². The normalized spacial score (nSPS) is 15.6. The van der Waals surface area contributed by atoms with Gasteiger partial charge in [-0.2, -0.15) is 0 Å². The molecule has 1 aromatic carbocycles. The molecule has 0 saturated heterocycles. The maximum Gasteiger partial charge on any atom is 0.296 e. The zero-order valence-electron chi connectivity index (χ0n) is 16.5. The molecule has 2 aromatic heterocycles. The van der Waals surface area contributed by atoms with Crippen LogP contribution in [0.15, 0.2) is 29.6 Å². The predicted octanol–water partition coefficient (Wildman–Crippen LogP) is 4.46. The number of benzene rings is 1. The first-order chi connectivity index (χ1) is 14.5. The van der Waals surface area contributed by atoms with Crippen molar-refractivity contribution in [2.24, 2.45) is 5.92 Å². The molecular formula is C20H20N4O4S2. The minimum atomic E-state index is -0.544. The van der Waals surface area contributed by atoms with E-state index in [1.165, 1.54) is 47.8 Å². The number of nitro benzene ring substituents is 1. The number of rotatable bonds is 6. The predicted molar refractivity (Wildman–Crippen MR) is 118 cm³/mol. The summed E-state index contributed by atoms with van der Waals surface area (Å²) in [6.45, 7) is 2.26. The van der Waals surface area contributed by atoms with Gasteiger partial charge in [-0.05, 0) is 42.9 Å². The van der Waals surface area contributed by atoms with Crippen LogP contribution < -0.4 is 10.1 Å². The number of nitro groups is 1. The number of aromatic nitrogens is 2. The van der Waals surface area contributed by atoms with Crippen molar-refractivity contribution in [3.63, 3.8) is 0 Å². The van der Waals surface area contributed by atoms with E-state index >= 15 is 0 Å². The van der Waals surface area contributed by atoms with Crippen LogP contribution in [0.2, 0.25) is 0 Å². The van der Waals surface area contributed by atoms with Gasteiger partial charge in [-0.1, -0.05) is 18.7 Å². The Morgan fingerprint density at radius 2 is 2.27 bits per heavy atom. The van der Waals surface area contributed by atoms with E-state index in [9.17, 15) is 14.9 Å². The van der Waals surface area contributed by atoms with Crippen molar-refractivity contribution in [3.05, 3.63) is 45.1 Å². The molecule has 0 bridgehead atoms. The summed E-state index contributed by atoms with van der Waals surface area (Å²) in [5.74, 6) is 0.781. The fourth-order valence-electron chi connectivity index (χ4n) is 3.57. The lowest BCUT2D eigenvalue weighted by molar-refractivity contribution is -0.384. The summed E-state index contributed by atoms with van der Waals surface area (Å²) in [5, 5.41) is 15.8. The Hall–Kier alpha value is -2.72. The van der Waals surface area contributed by atoms with Crippen LogP contribution >= 0.6 is 23.1 Å². The second-order valence-corrected chi connectivity index (χ2v) is 9.24. The van der Waals surface area contributed by atoms with Gasteiger partial charge in [0.05, 0.1) is 23.9 Å². The number of aryl methyl sites for hydroxylation is 1. The summed E-state index contributed by atoms with van der Waals surface area (Å²) in [7, 11) is 1.43. The topological polar surface area (TPSA) is 107 Å². The molecule has 4 rings (SSSR count). The third-order valence-electron chi connectivity index (χ3n) is 5.07. The molecule has 0 unspecified atom stereocenters. The standard InChI is InChI=1S/C20H20N4O4S2/c1-11-3-5-13-16(7-11)30-20-18(13)19(21-10-22-20)29-9-17(25)23-14-6-4-12(28-2)8-15(14)24(26)27/h4,6,8,10-11H,3,5,7,9H2,1-2H3,(H,23,25)/t11-/m1/s1. The molecule has 0 fully saturated rings. The number of methoxy groups -OCH3 is 1. The van der Waals surface area contributed by atoms with Crippen LogP contribution in [0.5, 0.6) is 5.75 Å². The van der Waals surface area contributed by atoms with Crippen LogP contribution in [0.3, 0.4) is 0 Å². The fourth-order valence-corrected chi connectivity index (χ4v) is 5.81. The molecular weight excluding hydrogens is 424 g/mol. The number of nitrogens with one attached hydrogen (secondary N) is 1. The molecule has 1 atom stereocenters. The van der Waals surface area contributed by atoms with Crippen molar-refractivity contribution in [1.29, 1.82) is 0 Å². The average molecular weight is 445 g/mol. The van der Waals surface area contributed by atoms with Gasteiger partial charge in [0, 0.05) is 10.3 Å². The van der Waals surface area contributed by atoms with Gasteiger partial charge in [-0.3, -0.25) is 14.9 Å². The lowest BCUT2D eigenvalue weighted by atomic mass is 9.89. The van der Waals surface area contributed by atoms with E-state index < -0.39 is 4.92 Å². The highest BCUT2D eigenvalue weighted by atomic mass is 32.2. The first-order valence-corrected chi connectivity index (χ1v) is 11.3. The summed E-state index contributed by atoms with van der Waals surface area (Å²) < 4.78 is 5.02. The molecule has 10 heteroatoms. The molecule has 0 aliphatic heterocycles. The largest absolute Gasteiger partial charge is 0.496 e. The second kappa shape index (κ2) is 8.57. The van der Waals surface area contributed by atoms with Crippen LogP contribution in [-0.2, 0) is 17.6 Å². The number of thiophene rings is 1. The van der Waals surface area contributed by atoms with Gasteiger partial charge in [0.1, 0.15) is 27.6 Å². The molecule has 8 nitrogen and oxygen atoms in total. The Balaban J connectivity index is 1.51. The molecule has 1 aliphatic carbocycles. The van der Waals surface area contributed by atoms with Gasteiger partial charge in [0.2, 0.25) is 5.91 Å². The van der Waals surface area contributed by atoms with E-state index in [1.54, 1.807) is 17.4 Å². The molecule has 1 N–H and O–H groups in total. The molecule has 1 amide bonds. The lowest BCUT2D eigenvalue weighted by Crippen LogP contribution is -2.15. The first-order valence-electron chi connectivity index (χ1n) is 9.46. The highest BCUT2D eigenvalue weighted by Gasteiger charge is 2.24. The SMILES string of the molecule is COc1ccc(NC(=O)CSc2ncnc3sc4c(c23)CC[C@@H](C)C4)c([N+](=O)[O-])c1. The molecule has 0 radical (unpaired) electrons. The smallest absolute Gasteiger partial charge is 0.296 e. The van der Waals surface area contributed by atoms with E-state index in [-0.39, 0.29) is 23.0 Å². The number of thioether (sulfide) groups is 1. The summed E-state index contributed by atoms with van der Waals surface area (Å²) in [5.41, 5.74) is 1.24. The van der Waals surface area contributed by atoms with Gasteiger partial charge in [-0.15, -0.1) is 11.3 Å². The first kappa shape index (κ1) is 20.5. The van der Waals surface area contributed by atoms with Gasteiger partial charge >= 0.3 is 0 Å². The maximum atomic E-state index is 12.5. The van der Waals surface area contributed by atoms with Crippen molar-refractivity contribution in [1.82, 2.24) is 9.97 Å². The summed E-state index contributed by atoms with van der Waals surface area (Å²) in [4.78, 5) is 34.4. The Labute approximate surface area is 181 Å². The van der Waals surface area contributed by atoms with E-state index in [0.717, 1.165) is 34.5 Å². The minimum Gasteiger partial charge on any atom is -0.496 e. The number of carbonyl (C=O) groups excluding carboxylic acids is 1. The highest BCUT2D eigenvalue weighted by molar-refractivity contribution is 8.00. The average Bonchev–Trinajstić information content (AvgIpc) is 3.10. The summed E-state index contributed by atoms with van der Waals surface area (Å²) >= 11 is 3.04. The van der Waals surface area contributed by atoms with Gasteiger partial charge in [-0.25, -0.2) is 9.97 Å². The molecule has 2 heterocycles. The summed E-state index contributed by atoms with van der Waals surface area (Å²) in [6, 6.07) is 4.33. The number of hydrogen-bond donors (Lipinski definition) is 1. The van der Waals surface area contributed by atoms with Crippen molar-refractivity contribution >= 4 is 50.6 Å². The molecule has 156 valence electrons. The van der Waals surface area contributed by atoms with Crippen molar-refractivity contribution < 1.29 is 14.5 Å². The molecule has 0 spiro atoms. The quantitative estimate of drug-likeness (QED) is 0.259. The highest BCUT2D eigenvalue weighted by Crippen LogP contribution is 2.40. The number of ether oxygens (including phenoxy) is 1. The number of fused-ring (bicyclic) bond motifs is 3. The third-order valence-corrected chi connectivity index (χ3v) is 7.22. The second-order valence-electron chi connectivity index (χ2n) is 7.19. The van der Waals surface area contributed by atoms with E-state index in [4.69, 9.17) is 4.74 Å². The number of carbonyl (C=O) groups is 1. The fraction of sp³-hybridized carbons (Fsp3) is 0.350. The lowest BCUT2D eigenvalue weighted by Gasteiger charge is -2.18. The molecule has 0 saturated carbocycles. The number of nitrogens with zero attached hydrogens (tertiary/aromatic N) is 3. The number of amides is 1. The van der Waals surface area contributed by atoms with Crippen molar-refractivity contribution in [2.45, 2.75) is 31.2 Å². The van der Waals surface area contributed by atoms with Crippen molar-refractivity contribution in [3.8, 4) is 5.75 Å². The Morgan fingerprint density at radius 1 is 1.43 bits per heavy atom. The number of anilines is 1. The van der Waals surface area contributed by atoms with Crippen LogP contribution in [0.25, 0.3) is 10.2 Å². The van der Waals surface area contributed by atoms with Crippen LogP contribution in [0, 0.1) is 16.0 Å². The minimum absolute atomic E-state index is 0.0936. The van der Waals surface area contributed by atoms with Crippen LogP contribution in [0.4, 0.5) is 11.4 Å². The Morgan fingerprint density at radius 3 is 3.03 bits per heavy atom. The van der Waals surface area contributed by atoms with Gasteiger partial charge in [0.15, 0.2) is 0 Å². The zero-order valence-corrected chi connectivity index (χ0v) is 18.1. The zero-order chi connectivity index (χ0) is 21.3. The molecule has 30 heavy (non-hydrogen) atoms. The molecule has 1 aliphatic rings. The van der Waals surface area contributed by atoms with E-state index in [1.807, 2.05) is 0 Å².